The van der Waals surface area contributed by atoms with E-state index in [1.54, 1.807) is 6.07 Å². The molecule has 2 rings (SSSR count). The highest BCUT2D eigenvalue weighted by molar-refractivity contribution is 5.27. The maximum absolute atomic E-state index is 13.2. The van der Waals surface area contributed by atoms with Gasteiger partial charge in [-0.05, 0) is 48.1 Å². The summed E-state index contributed by atoms with van der Waals surface area (Å²) < 4.78 is 13.2. The molecule has 0 aromatic heterocycles. The number of aryl methyl sites for hydroxylation is 1. The van der Waals surface area contributed by atoms with Gasteiger partial charge in [0.05, 0.1) is 0 Å². The molecule has 1 N–H and O–H groups in total. The third kappa shape index (κ3) is 4.68. The third-order valence-electron chi connectivity index (χ3n) is 3.75. The first-order chi connectivity index (χ1) is 10.1. The van der Waals surface area contributed by atoms with E-state index in [-0.39, 0.29) is 5.82 Å². The highest BCUT2D eigenvalue weighted by Gasteiger charge is 2.13. The zero-order chi connectivity index (χ0) is 15.2. The average Bonchev–Trinajstić information content (AvgIpc) is 2.45. The maximum atomic E-state index is 13.2. The van der Waals surface area contributed by atoms with Crippen LogP contribution in [0, 0.1) is 18.7 Å². The van der Waals surface area contributed by atoms with Crippen molar-refractivity contribution in [3.8, 4) is 0 Å². The van der Waals surface area contributed by atoms with Crippen molar-refractivity contribution in [1.82, 2.24) is 5.32 Å². The zero-order valence-electron chi connectivity index (χ0n) is 13.1. The monoisotopic (exact) mass is 285 g/mol. The van der Waals surface area contributed by atoms with Crippen LogP contribution >= 0.6 is 0 Å². The van der Waals surface area contributed by atoms with Crippen molar-refractivity contribution in [3.63, 3.8) is 0 Å². The van der Waals surface area contributed by atoms with Gasteiger partial charge in [-0.2, -0.15) is 0 Å². The van der Waals surface area contributed by atoms with E-state index in [2.05, 4.69) is 43.4 Å². The second-order valence-corrected chi connectivity index (χ2v) is 6.04. The van der Waals surface area contributed by atoms with E-state index in [0.29, 0.717) is 12.0 Å². The number of rotatable bonds is 6. The fourth-order valence-corrected chi connectivity index (χ4v) is 2.58. The van der Waals surface area contributed by atoms with Crippen LogP contribution in [0.2, 0.25) is 0 Å². The van der Waals surface area contributed by atoms with Gasteiger partial charge in [0.2, 0.25) is 0 Å². The molecular formula is C19H24FN. The molecule has 2 aromatic carbocycles. The minimum atomic E-state index is -0.168. The SMILES string of the molecule is Cc1cc(F)ccc1CNC(CC(C)C)c1ccccc1. The lowest BCUT2D eigenvalue weighted by Gasteiger charge is -2.22. The Morgan fingerprint density at radius 3 is 2.38 bits per heavy atom. The van der Waals surface area contributed by atoms with Crippen molar-refractivity contribution < 1.29 is 4.39 Å². The Kier molecular flexibility index (Phi) is 5.51. The molecule has 2 heteroatoms. The normalized spacial score (nSPS) is 12.6. The standard InChI is InChI=1S/C19H24FN/c1-14(2)11-19(16-7-5-4-6-8-16)21-13-17-9-10-18(20)12-15(17)3/h4-10,12,14,19,21H,11,13H2,1-3H3. The van der Waals surface area contributed by atoms with Gasteiger partial charge in [-0.15, -0.1) is 0 Å². The lowest BCUT2D eigenvalue weighted by atomic mass is 9.96. The molecular weight excluding hydrogens is 261 g/mol. The molecule has 0 radical (unpaired) electrons. The van der Waals surface area contributed by atoms with Crippen molar-refractivity contribution in [3.05, 3.63) is 71.0 Å². The summed E-state index contributed by atoms with van der Waals surface area (Å²) in [6, 6.07) is 15.8. The Bertz CT molecular complexity index is 563. The van der Waals surface area contributed by atoms with Gasteiger partial charge < -0.3 is 5.32 Å². The van der Waals surface area contributed by atoms with Gasteiger partial charge in [-0.3, -0.25) is 0 Å². The summed E-state index contributed by atoms with van der Waals surface area (Å²) in [5, 5.41) is 3.62. The summed E-state index contributed by atoms with van der Waals surface area (Å²) in [5.41, 5.74) is 3.46. The van der Waals surface area contributed by atoms with Crippen LogP contribution in [0.5, 0.6) is 0 Å². The van der Waals surface area contributed by atoms with Gasteiger partial charge in [0, 0.05) is 12.6 Å². The van der Waals surface area contributed by atoms with E-state index < -0.39 is 0 Å². The molecule has 112 valence electrons. The van der Waals surface area contributed by atoms with Gasteiger partial charge in [0.1, 0.15) is 5.82 Å². The molecule has 21 heavy (non-hydrogen) atoms. The smallest absolute Gasteiger partial charge is 0.123 e. The van der Waals surface area contributed by atoms with Crippen LogP contribution in [-0.2, 0) is 6.54 Å². The Hall–Kier alpha value is -1.67. The predicted octanol–water partition coefficient (Wildman–Crippen LogP) is 5.01. The number of nitrogens with one attached hydrogen (secondary N) is 1. The van der Waals surface area contributed by atoms with E-state index in [4.69, 9.17) is 0 Å². The molecule has 0 aliphatic heterocycles. The van der Waals surface area contributed by atoms with Gasteiger partial charge in [0.15, 0.2) is 0 Å². The fourth-order valence-electron chi connectivity index (χ4n) is 2.58. The van der Waals surface area contributed by atoms with Crippen LogP contribution in [0.15, 0.2) is 48.5 Å². The van der Waals surface area contributed by atoms with E-state index in [9.17, 15) is 4.39 Å². The first kappa shape index (κ1) is 15.7. The van der Waals surface area contributed by atoms with Crippen LogP contribution in [0.4, 0.5) is 4.39 Å². The summed E-state index contributed by atoms with van der Waals surface area (Å²) in [5.74, 6) is 0.454. The molecule has 0 heterocycles. The van der Waals surface area contributed by atoms with Crippen molar-refractivity contribution in [2.24, 2.45) is 5.92 Å². The second kappa shape index (κ2) is 7.37. The summed E-state index contributed by atoms with van der Waals surface area (Å²) in [4.78, 5) is 0. The summed E-state index contributed by atoms with van der Waals surface area (Å²) in [6.45, 7) is 7.19. The van der Waals surface area contributed by atoms with Crippen LogP contribution in [0.1, 0.15) is 43.0 Å². The highest BCUT2D eigenvalue weighted by atomic mass is 19.1. The van der Waals surface area contributed by atoms with Crippen molar-refractivity contribution in [1.29, 1.82) is 0 Å². The van der Waals surface area contributed by atoms with E-state index in [1.807, 2.05) is 19.1 Å². The molecule has 0 fully saturated rings. The molecule has 0 saturated heterocycles. The number of hydrogen-bond acceptors (Lipinski definition) is 1. The summed E-state index contributed by atoms with van der Waals surface area (Å²) in [6.07, 6.45) is 1.09. The van der Waals surface area contributed by atoms with Gasteiger partial charge >= 0.3 is 0 Å². The number of hydrogen-bond donors (Lipinski definition) is 1. The first-order valence-electron chi connectivity index (χ1n) is 7.59. The molecule has 0 spiro atoms. The molecule has 2 aromatic rings. The zero-order valence-corrected chi connectivity index (χ0v) is 13.1. The molecule has 0 aliphatic carbocycles. The number of benzene rings is 2. The van der Waals surface area contributed by atoms with Crippen molar-refractivity contribution in [2.75, 3.05) is 0 Å². The van der Waals surface area contributed by atoms with E-state index >= 15 is 0 Å². The molecule has 0 saturated carbocycles. The fraction of sp³-hybridized carbons (Fsp3) is 0.368. The van der Waals surface area contributed by atoms with Gasteiger partial charge in [-0.1, -0.05) is 50.2 Å². The largest absolute Gasteiger partial charge is 0.306 e. The van der Waals surface area contributed by atoms with Crippen LogP contribution in [-0.4, -0.2) is 0 Å². The molecule has 1 unspecified atom stereocenters. The average molecular weight is 285 g/mol. The molecule has 0 aliphatic rings. The molecule has 0 amide bonds. The number of halogens is 1. The van der Waals surface area contributed by atoms with Gasteiger partial charge in [-0.25, -0.2) is 4.39 Å². The third-order valence-corrected chi connectivity index (χ3v) is 3.75. The summed E-state index contributed by atoms with van der Waals surface area (Å²) in [7, 11) is 0. The highest BCUT2D eigenvalue weighted by Crippen LogP contribution is 2.22. The van der Waals surface area contributed by atoms with Crippen molar-refractivity contribution >= 4 is 0 Å². The lowest BCUT2D eigenvalue weighted by molar-refractivity contribution is 0.428. The Balaban J connectivity index is 2.09. The predicted molar refractivity (Wildman–Crippen MR) is 86.6 cm³/mol. The quantitative estimate of drug-likeness (QED) is 0.786. The first-order valence-corrected chi connectivity index (χ1v) is 7.59. The molecule has 1 nitrogen and oxygen atoms in total. The van der Waals surface area contributed by atoms with Gasteiger partial charge in [0.25, 0.3) is 0 Å². The molecule has 1 atom stereocenters. The van der Waals surface area contributed by atoms with E-state index in [1.165, 1.54) is 11.6 Å². The second-order valence-electron chi connectivity index (χ2n) is 6.04. The van der Waals surface area contributed by atoms with Crippen LogP contribution in [0.25, 0.3) is 0 Å². The minimum Gasteiger partial charge on any atom is -0.306 e. The lowest BCUT2D eigenvalue weighted by Crippen LogP contribution is -2.22. The summed E-state index contributed by atoms with van der Waals surface area (Å²) >= 11 is 0. The van der Waals surface area contributed by atoms with Crippen LogP contribution in [0.3, 0.4) is 0 Å². The van der Waals surface area contributed by atoms with Crippen LogP contribution < -0.4 is 5.32 Å². The molecule has 0 bridgehead atoms. The minimum absolute atomic E-state index is 0.168. The Morgan fingerprint density at radius 2 is 1.76 bits per heavy atom. The Labute approximate surface area is 127 Å². The van der Waals surface area contributed by atoms with E-state index in [0.717, 1.165) is 24.1 Å². The Morgan fingerprint density at radius 1 is 1.05 bits per heavy atom. The maximum Gasteiger partial charge on any atom is 0.123 e. The van der Waals surface area contributed by atoms with Crippen molar-refractivity contribution in [2.45, 2.75) is 39.8 Å². The topological polar surface area (TPSA) is 12.0 Å².